The summed E-state index contributed by atoms with van der Waals surface area (Å²) in [4.78, 5) is 0.856. The molecule has 2 aromatic rings. The van der Waals surface area contributed by atoms with Gasteiger partial charge in [-0.1, -0.05) is 28.1 Å². The summed E-state index contributed by atoms with van der Waals surface area (Å²) >= 11 is 4.54. The normalized spacial score (nSPS) is 13.3. The number of rotatable bonds is 6. The SMILES string of the molecule is CC(NS(=O)(=O)c1ccc(CCO)s1)c1ccc(Br)cc1. The third-order valence-electron chi connectivity index (χ3n) is 2.96. The first kappa shape index (κ1) is 16.6. The van der Waals surface area contributed by atoms with Gasteiger partial charge in [0.1, 0.15) is 4.21 Å². The average Bonchev–Trinajstić information content (AvgIpc) is 2.89. The van der Waals surface area contributed by atoms with E-state index < -0.39 is 10.0 Å². The van der Waals surface area contributed by atoms with Crippen LogP contribution in [0.1, 0.15) is 23.4 Å². The van der Waals surface area contributed by atoms with Crippen molar-refractivity contribution in [3.05, 3.63) is 51.3 Å². The molecule has 0 aliphatic rings. The van der Waals surface area contributed by atoms with Crippen molar-refractivity contribution in [1.82, 2.24) is 4.72 Å². The predicted molar refractivity (Wildman–Crippen MR) is 88.0 cm³/mol. The maximum absolute atomic E-state index is 12.3. The molecule has 0 saturated carbocycles. The van der Waals surface area contributed by atoms with Crippen LogP contribution in [0.3, 0.4) is 0 Å². The van der Waals surface area contributed by atoms with Crippen LogP contribution in [-0.4, -0.2) is 20.1 Å². The Morgan fingerprint density at radius 1 is 1.24 bits per heavy atom. The van der Waals surface area contributed by atoms with Crippen molar-refractivity contribution in [1.29, 1.82) is 0 Å². The Morgan fingerprint density at radius 3 is 2.52 bits per heavy atom. The van der Waals surface area contributed by atoms with Crippen molar-refractivity contribution in [3.8, 4) is 0 Å². The molecule has 2 rings (SSSR count). The summed E-state index contributed by atoms with van der Waals surface area (Å²) in [6.45, 7) is 1.83. The molecule has 7 heteroatoms. The van der Waals surface area contributed by atoms with Gasteiger partial charge in [-0.3, -0.25) is 0 Å². The lowest BCUT2D eigenvalue weighted by molar-refractivity contribution is 0.300. The Bertz CT molecular complexity index is 695. The molecule has 0 bridgehead atoms. The molecule has 1 heterocycles. The Hall–Kier alpha value is -0.730. The molecule has 4 nitrogen and oxygen atoms in total. The van der Waals surface area contributed by atoms with Gasteiger partial charge in [0.25, 0.3) is 10.0 Å². The number of benzene rings is 1. The van der Waals surface area contributed by atoms with Gasteiger partial charge in [-0.25, -0.2) is 13.1 Å². The monoisotopic (exact) mass is 389 g/mol. The first-order valence-electron chi connectivity index (χ1n) is 6.40. The molecule has 2 N–H and O–H groups in total. The first-order chi connectivity index (χ1) is 9.92. The van der Waals surface area contributed by atoms with E-state index in [0.717, 1.165) is 14.9 Å². The van der Waals surface area contributed by atoms with Gasteiger partial charge in [0.05, 0.1) is 0 Å². The highest BCUT2D eigenvalue weighted by atomic mass is 79.9. The van der Waals surface area contributed by atoms with Gasteiger partial charge in [0, 0.05) is 28.4 Å². The quantitative estimate of drug-likeness (QED) is 0.797. The van der Waals surface area contributed by atoms with Crippen LogP contribution < -0.4 is 4.72 Å². The van der Waals surface area contributed by atoms with E-state index >= 15 is 0 Å². The van der Waals surface area contributed by atoms with E-state index in [1.54, 1.807) is 12.1 Å². The molecular formula is C14H16BrNO3S2. The van der Waals surface area contributed by atoms with Crippen LogP contribution in [0.25, 0.3) is 0 Å². The highest BCUT2D eigenvalue weighted by Gasteiger charge is 2.20. The van der Waals surface area contributed by atoms with Gasteiger partial charge in [0.2, 0.25) is 0 Å². The minimum Gasteiger partial charge on any atom is -0.396 e. The minimum absolute atomic E-state index is 0.0166. The van der Waals surface area contributed by atoms with E-state index in [0.29, 0.717) is 6.42 Å². The van der Waals surface area contributed by atoms with Crippen LogP contribution in [0.4, 0.5) is 0 Å². The molecule has 0 radical (unpaired) electrons. The average molecular weight is 390 g/mol. The van der Waals surface area contributed by atoms with Gasteiger partial charge in [-0.15, -0.1) is 11.3 Å². The number of hydrogen-bond acceptors (Lipinski definition) is 4. The molecule has 0 aliphatic heterocycles. The van der Waals surface area contributed by atoms with E-state index in [2.05, 4.69) is 20.7 Å². The molecular weight excluding hydrogens is 374 g/mol. The van der Waals surface area contributed by atoms with Crippen LogP contribution in [0.15, 0.2) is 45.1 Å². The third-order valence-corrected chi connectivity index (χ3v) is 6.67. The van der Waals surface area contributed by atoms with Crippen molar-refractivity contribution in [3.63, 3.8) is 0 Å². The number of thiophene rings is 1. The summed E-state index contributed by atoms with van der Waals surface area (Å²) in [5, 5.41) is 8.89. The van der Waals surface area contributed by atoms with E-state index in [-0.39, 0.29) is 16.9 Å². The summed E-state index contributed by atoms with van der Waals surface area (Å²) in [5.41, 5.74) is 0.897. The lowest BCUT2D eigenvalue weighted by Gasteiger charge is -2.13. The molecule has 1 unspecified atom stereocenters. The van der Waals surface area contributed by atoms with Crippen molar-refractivity contribution in [2.75, 3.05) is 6.61 Å². The molecule has 1 aromatic heterocycles. The third kappa shape index (κ3) is 4.37. The number of aliphatic hydroxyl groups excluding tert-OH is 1. The molecule has 0 fully saturated rings. The largest absolute Gasteiger partial charge is 0.396 e. The molecule has 1 atom stereocenters. The van der Waals surface area contributed by atoms with Crippen molar-refractivity contribution >= 4 is 37.3 Å². The second-order valence-corrected chi connectivity index (χ2v) is 8.61. The zero-order valence-electron chi connectivity index (χ0n) is 11.4. The van der Waals surface area contributed by atoms with E-state index in [4.69, 9.17) is 5.11 Å². The van der Waals surface area contributed by atoms with E-state index in [1.165, 1.54) is 11.3 Å². The highest BCUT2D eigenvalue weighted by molar-refractivity contribution is 9.10. The molecule has 114 valence electrons. The minimum atomic E-state index is -3.54. The predicted octanol–water partition coefficient (Wildman–Crippen LogP) is 3.08. The number of halogens is 1. The van der Waals surface area contributed by atoms with Crippen molar-refractivity contribution < 1.29 is 13.5 Å². The Kier molecular flexibility index (Phi) is 5.56. The second kappa shape index (κ2) is 7.02. The molecule has 21 heavy (non-hydrogen) atoms. The fourth-order valence-electron chi connectivity index (χ4n) is 1.86. The number of hydrogen-bond donors (Lipinski definition) is 2. The molecule has 0 saturated heterocycles. The Morgan fingerprint density at radius 2 is 1.90 bits per heavy atom. The zero-order chi connectivity index (χ0) is 15.5. The summed E-state index contributed by atoms with van der Waals surface area (Å²) in [7, 11) is -3.54. The fraction of sp³-hybridized carbons (Fsp3) is 0.286. The van der Waals surface area contributed by atoms with Crippen LogP contribution in [-0.2, 0) is 16.4 Å². The number of sulfonamides is 1. The summed E-state index contributed by atoms with van der Waals surface area (Å²) in [5.74, 6) is 0. The summed E-state index contributed by atoms with van der Waals surface area (Å²) in [6, 6.07) is 10.5. The molecule has 0 amide bonds. The van der Waals surface area contributed by atoms with Crippen LogP contribution >= 0.6 is 27.3 Å². The highest BCUT2D eigenvalue weighted by Crippen LogP contribution is 2.24. The van der Waals surface area contributed by atoms with E-state index in [1.807, 2.05) is 31.2 Å². The molecule has 0 aliphatic carbocycles. The second-order valence-electron chi connectivity index (χ2n) is 4.59. The summed E-state index contributed by atoms with van der Waals surface area (Å²) < 4.78 is 28.5. The van der Waals surface area contributed by atoms with Crippen LogP contribution in [0.5, 0.6) is 0 Å². The maximum atomic E-state index is 12.3. The summed E-state index contributed by atoms with van der Waals surface area (Å²) in [6.07, 6.45) is 0.475. The van der Waals surface area contributed by atoms with E-state index in [9.17, 15) is 8.42 Å². The van der Waals surface area contributed by atoms with Crippen LogP contribution in [0.2, 0.25) is 0 Å². The van der Waals surface area contributed by atoms with Gasteiger partial charge < -0.3 is 5.11 Å². The maximum Gasteiger partial charge on any atom is 0.250 e. The van der Waals surface area contributed by atoms with Crippen molar-refractivity contribution in [2.24, 2.45) is 0 Å². The van der Waals surface area contributed by atoms with Gasteiger partial charge in [-0.2, -0.15) is 0 Å². The van der Waals surface area contributed by atoms with Crippen LogP contribution in [0, 0.1) is 0 Å². The topological polar surface area (TPSA) is 66.4 Å². The lowest BCUT2D eigenvalue weighted by Crippen LogP contribution is -2.26. The lowest BCUT2D eigenvalue weighted by atomic mass is 10.1. The van der Waals surface area contributed by atoms with Crippen molar-refractivity contribution in [2.45, 2.75) is 23.6 Å². The smallest absolute Gasteiger partial charge is 0.250 e. The standard InChI is InChI=1S/C14H16BrNO3S2/c1-10(11-2-4-12(15)5-3-11)16-21(18,19)14-7-6-13(20-14)8-9-17/h2-7,10,16-17H,8-9H2,1H3. The Labute approximate surface area is 137 Å². The fourth-order valence-corrected chi connectivity index (χ4v) is 4.71. The zero-order valence-corrected chi connectivity index (χ0v) is 14.6. The number of aliphatic hydroxyl groups is 1. The van der Waals surface area contributed by atoms with Gasteiger partial charge in [-0.05, 0) is 36.8 Å². The van der Waals surface area contributed by atoms with Gasteiger partial charge >= 0.3 is 0 Å². The number of nitrogens with one attached hydrogen (secondary N) is 1. The first-order valence-corrected chi connectivity index (χ1v) is 9.49. The molecule has 1 aromatic carbocycles. The Balaban J connectivity index is 2.14. The molecule has 0 spiro atoms. The van der Waals surface area contributed by atoms with Gasteiger partial charge in [0.15, 0.2) is 0 Å².